The van der Waals surface area contributed by atoms with Crippen molar-refractivity contribution >= 4 is 17.2 Å². The molecule has 1 unspecified atom stereocenters. The molecule has 0 radical (unpaired) electrons. The number of thiophene rings is 1. The average molecular weight is 302 g/mol. The Balaban J connectivity index is 1.95. The van der Waals surface area contributed by atoms with Crippen LogP contribution in [-0.4, -0.2) is 11.9 Å². The predicted octanol–water partition coefficient (Wildman–Crippen LogP) is 3.28. The lowest BCUT2D eigenvalue weighted by Gasteiger charge is -2.20. The molecule has 0 bridgehead atoms. The van der Waals surface area contributed by atoms with Crippen LogP contribution in [0.3, 0.4) is 0 Å². The van der Waals surface area contributed by atoms with Crippen LogP contribution < -0.4 is 11.1 Å². The molecule has 0 saturated carbocycles. The molecule has 0 saturated heterocycles. The van der Waals surface area contributed by atoms with E-state index < -0.39 is 6.04 Å². The summed E-state index contributed by atoms with van der Waals surface area (Å²) >= 11 is 1.67. The highest BCUT2D eigenvalue weighted by Gasteiger charge is 2.19. The zero-order valence-electron chi connectivity index (χ0n) is 12.3. The van der Waals surface area contributed by atoms with E-state index in [-0.39, 0.29) is 11.9 Å². The number of nitrogens with two attached hydrogens (primary N) is 1. The molecular formula is C17H22N2OS. The third-order valence-corrected chi connectivity index (χ3v) is 4.40. The second-order valence-corrected chi connectivity index (χ2v) is 6.14. The molecule has 2 atom stereocenters. The number of carbonyl (C=O) groups is 1. The monoisotopic (exact) mass is 302 g/mol. The first-order valence-corrected chi connectivity index (χ1v) is 8.22. The minimum atomic E-state index is -0.508. The number of nitrogens with one attached hydrogen (secondary N) is 1. The maximum absolute atomic E-state index is 12.3. The minimum Gasteiger partial charge on any atom is -0.347 e. The Morgan fingerprint density at radius 1 is 1.24 bits per heavy atom. The molecule has 2 aromatic rings. The van der Waals surface area contributed by atoms with Gasteiger partial charge in [0.15, 0.2) is 0 Å². The summed E-state index contributed by atoms with van der Waals surface area (Å²) in [6.45, 7) is 2.12. The summed E-state index contributed by atoms with van der Waals surface area (Å²) in [5, 5.41) is 5.12. The number of benzene rings is 1. The van der Waals surface area contributed by atoms with Crippen LogP contribution in [0.4, 0.5) is 0 Å². The Hall–Kier alpha value is -1.65. The van der Waals surface area contributed by atoms with E-state index in [1.165, 1.54) is 4.88 Å². The van der Waals surface area contributed by atoms with E-state index in [2.05, 4.69) is 18.3 Å². The molecule has 0 aliphatic rings. The number of hydrogen-bond acceptors (Lipinski definition) is 3. The second-order valence-electron chi connectivity index (χ2n) is 5.16. The van der Waals surface area contributed by atoms with E-state index in [0.717, 1.165) is 18.4 Å². The summed E-state index contributed by atoms with van der Waals surface area (Å²) in [6.07, 6.45) is 2.52. The van der Waals surface area contributed by atoms with Gasteiger partial charge in [0.2, 0.25) is 5.91 Å². The second kappa shape index (κ2) is 7.96. The van der Waals surface area contributed by atoms with Gasteiger partial charge in [-0.05, 0) is 29.9 Å². The summed E-state index contributed by atoms with van der Waals surface area (Å²) in [5.41, 5.74) is 7.12. The van der Waals surface area contributed by atoms with Gasteiger partial charge in [-0.2, -0.15) is 0 Å². The summed E-state index contributed by atoms with van der Waals surface area (Å²) in [4.78, 5) is 13.5. The maximum atomic E-state index is 12.3. The van der Waals surface area contributed by atoms with Gasteiger partial charge in [0.05, 0.1) is 12.1 Å². The van der Waals surface area contributed by atoms with Crippen molar-refractivity contribution in [2.45, 2.75) is 38.3 Å². The molecule has 0 aliphatic carbocycles. The van der Waals surface area contributed by atoms with Gasteiger partial charge < -0.3 is 11.1 Å². The SMILES string of the molecule is CCCC(NC(=O)[C@@H](N)Cc1ccccc1)c1cccs1. The molecular weight excluding hydrogens is 280 g/mol. The van der Waals surface area contributed by atoms with E-state index in [1.54, 1.807) is 11.3 Å². The van der Waals surface area contributed by atoms with E-state index in [4.69, 9.17) is 5.73 Å². The van der Waals surface area contributed by atoms with Crippen LogP contribution in [0.25, 0.3) is 0 Å². The first kappa shape index (κ1) is 15.7. The van der Waals surface area contributed by atoms with E-state index in [9.17, 15) is 4.79 Å². The van der Waals surface area contributed by atoms with Crippen molar-refractivity contribution in [3.05, 3.63) is 58.3 Å². The fourth-order valence-corrected chi connectivity index (χ4v) is 3.12. The highest BCUT2D eigenvalue weighted by molar-refractivity contribution is 7.10. The fraction of sp³-hybridized carbons (Fsp3) is 0.353. The molecule has 1 aromatic heterocycles. The highest BCUT2D eigenvalue weighted by atomic mass is 32.1. The third kappa shape index (κ3) is 4.69. The van der Waals surface area contributed by atoms with E-state index >= 15 is 0 Å². The Morgan fingerprint density at radius 2 is 2.00 bits per heavy atom. The van der Waals surface area contributed by atoms with Gasteiger partial charge in [-0.1, -0.05) is 49.7 Å². The van der Waals surface area contributed by atoms with Crippen LogP contribution in [0.5, 0.6) is 0 Å². The molecule has 1 heterocycles. The van der Waals surface area contributed by atoms with Crippen LogP contribution in [0.1, 0.15) is 36.2 Å². The number of rotatable bonds is 7. The smallest absolute Gasteiger partial charge is 0.237 e. The number of carbonyl (C=O) groups excluding carboxylic acids is 1. The number of hydrogen-bond donors (Lipinski definition) is 2. The molecule has 0 spiro atoms. The van der Waals surface area contributed by atoms with Gasteiger partial charge >= 0.3 is 0 Å². The van der Waals surface area contributed by atoms with Gasteiger partial charge in [0, 0.05) is 4.88 Å². The summed E-state index contributed by atoms with van der Waals surface area (Å²) in [6, 6.07) is 13.5. The van der Waals surface area contributed by atoms with Gasteiger partial charge in [-0.15, -0.1) is 11.3 Å². The molecule has 112 valence electrons. The van der Waals surface area contributed by atoms with Crippen molar-refractivity contribution in [2.24, 2.45) is 5.73 Å². The van der Waals surface area contributed by atoms with Crippen molar-refractivity contribution in [2.75, 3.05) is 0 Å². The topological polar surface area (TPSA) is 55.1 Å². The lowest BCUT2D eigenvalue weighted by molar-refractivity contribution is -0.123. The van der Waals surface area contributed by atoms with Crippen LogP contribution in [0.2, 0.25) is 0 Å². The van der Waals surface area contributed by atoms with E-state index in [0.29, 0.717) is 6.42 Å². The van der Waals surface area contributed by atoms with Gasteiger partial charge in [0.1, 0.15) is 0 Å². The maximum Gasteiger partial charge on any atom is 0.237 e. The summed E-state index contributed by atoms with van der Waals surface area (Å²) in [7, 11) is 0. The third-order valence-electron chi connectivity index (χ3n) is 3.42. The normalized spacial score (nSPS) is 13.6. The van der Waals surface area contributed by atoms with Crippen molar-refractivity contribution in [1.29, 1.82) is 0 Å². The predicted molar refractivity (Wildman–Crippen MR) is 88.2 cm³/mol. The van der Waals surface area contributed by atoms with Crippen LogP contribution >= 0.6 is 11.3 Å². The Morgan fingerprint density at radius 3 is 2.62 bits per heavy atom. The molecule has 1 amide bonds. The molecule has 4 heteroatoms. The Kier molecular flexibility index (Phi) is 5.96. The molecule has 0 aliphatic heterocycles. The largest absolute Gasteiger partial charge is 0.347 e. The molecule has 2 rings (SSSR count). The Labute approximate surface area is 130 Å². The van der Waals surface area contributed by atoms with Gasteiger partial charge in [-0.3, -0.25) is 4.79 Å². The quantitative estimate of drug-likeness (QED) is 0.824. The first-order valence-electron chi connectivity index (χ1n) is 7.34. The number of amides is 1. The molecule has 1 aromatic carbocycles. The molecule has 21 heavy (non-hydrogen) atoms. The molecule has 3 N–H and O–H groups in total. The highest BCUT2D eigenvalue weighted by Crippen LogP contribution is 2.23. The lowest BCUT2D eigenvalue weighted by atomic mass is 10.0. The van der Waals surface area contributed by atoms with Crippen LogP contribution in [0.15, 0.2) is 47.8 Å². The average Bonchev–Trinajstić information content (AvgIpc) is 3.02. The van der Waals surface area contributed by atoms with Crippen molar-refractivity contribution in [3.8, 4) is 0 Å². The molecule has 0 fully saturated rings. The molecule has 3 nitrogen and oxygen atoms in total. The summed E-state index contributed by atoms with van der Waals surface area (Å²) < 4.78 is 0. The fourth-order valence-electron chi connectivity index (χ4n) is 2.30. The zero-order chi connectivity index (χ0) is 15.1. The lowest BCUT2D eigenvalue weighted by Crippen LogP contribution is -2.43. The zero-order valence-corrected chi connectivity index (χ0v) is 13.1. The van der Waals surface area contributed by atoms with E-state index in [1.807, 2.05) is 41.8 Å². The van der Waals surface area contributed by atoms with Crippen LogP contribution in [-0.2, 0) is 11.2 Å². The standard InChI is InChI=1S/C17H22N2OS/c1-2-7-15(16-10-6-11-21-16)19-17(20)14(18)12-13-8-4-3-5-9-13/h3-6,8-11,14-15H,2,7,12,18H2,1H3,(H,19,20)/t14-,15?/m0/s1. The Bertz CT molecular complexity index is 539. The van der Waals surface area contributed by atoms with Crippen LogP contribution in [0, 0.1) is 0 Å². The van der Waals surface area contributed by atoms with Crippen molar-refractivity contribution in [3.63, 3.8) is 0 Å². The first-order chi connectivity index (χ1) is 10.2. The van der Waals surface area contributed by atoms with Crippen molar-refractivity contribution in [1.82, 2.24) is 5.32 Å². The van der Waals surface area contributed by atoms with Crippen molar-refractivity contribution < 1.29 is 4.79 Å². The minimum absolute atomic E-state index is 0.0734. The van der Waals surface area contributed by atoms with Gasteiger partial charge in [-0.25, -0.2) is 0 Å². The van der Waals surface area contributed by atoms with Gasteiger partial charge in [0.25, 0.3) is 0 Å². The summed E-state index contributed by atoms with van der Waals surface area (Å²) in [5.74, 6) is -0.0781.